The van der Waals surface area contributed by atoms with Crippen molar-refractivity contribution in [3.63, 3.8) is 0 Å². The van der Waals surface area contributed by atoms with Gasteiger partial charge in [0.1, 0.15) is 11.9 Å². The Balaban J connectivity index is 1.60. The average molecular weight is 247 g/mol. The highest BCUT2D eigenvalue weighted by Gasteiger charge is 2.18. The number of rotatable bonds is 4. The number of benzene rings is 1. The van der Waals surface area contributed by atoms with Crippen molar-refractivity contribution in [2.75, 3.05) is 19.8 Å². The lowest BCUT2D eigenvalue weighted by molar-refractivity contribution is 0.141. The van der Waals surface area contributed by atoms with Gasteiger partial charge in [0, 0.05) is 12.5 Å². The second-order valence-electron chi connectivity index (χ2n) is 5.25. The molecule has 98 valence electrons. The third-order valence-electron chi connectivity index (χ3n) is 3.73. The molecule has 0 radical (unpaired) electrons. The molecule has 0 spiro atoms. The van der Waals surface area contributed by atoms with Crippen LogP contribution in [0.25, 0.3) is 0 Å². The van der Waals surface area contributed by atoms with E-state index in [0.717, 1.165) is 31.8 Å². The van der Waals surface area contributed by atoms with Crippen LogP contribution in [-0.4, -0.2) is 31.9 Å². The van der Waals surface area contributed by atoms with E-state index in [1.807, 2.05) is 6.07 Å². The zero-order valence-corrected chi connectivity index (χ0v) is 10.7. The van der Waals surface area contributed by atoms with Crippen molar-refractivity contribution in [2.24, 2.45) is 0 Å². The first-order valence-electron chi connectivity index (χ1n) is 6.97. The van der Waals surface area contributed by atoms with E-state index in [1.165, 1.54) is 24.9 Å². The highest BCUT2D eigenvalue weighted by molar-refractivity contribution is 5.29. The maximum atomic E-state index is 5.94. The second kappa shape index (κ2) is 5.72. The molecule has 0 aromatic heterocycles. The lowest BCUT2D eigenvalue weighted by Gasteiger charge is -2.14. The fourth-order valence-electron chi connectivity index (χ4n) is 2.76. The summed E-state index contributed by atoms with van der Waals surface area (Å²) in [4.78, 5) is 0. The molecule has 2 aliphatic rings. The molecule has 2 saturated heterocycles. The predicted octanol–water partition coefficient (Wildman–Crippen LogP) is 2.15. The second-order valence-corrected chi connectivity index (χ2v) is 5.25. The lowest BCUT2D eigenvalue weighted by Crippen LogP contribution is -2.23. The summed E-state index contributed by atoms with van der Waals surface area (Å²) in [5.74, 6) is 0.987. The summed E-state index contributed by atoms with van der Waals surface area (Å²) in [6, 6.07) is 9.16. The molecule has 0 amide bonds. The molecule has 2 unspecified atom stereocenters. The van der Waals surface area contributed by atoms with Crippen molar-refractivity contribution in [3.8, 4) is 5.75 Å². The molecule has 0 bridgehead atoms. The number of nitrogens with one attached hydrogen (secondary N) is 1. The molecule has 0 aliphatic carbocycles. The van der Waals surface area contributed by atoms with E-state index in [2.05, 4.69) is 23.5 Å². The number of hydrogen-bond donors (Lipinski definition) is 1. The van der Waals surface area contributed by atoms with Crippen molar-refractivity contribution in [1.29, 1.82) is 0 Å². The van der Waals surface area contributed by atoms with Crippen LogP contribution in [0.15, 0.2) is 24.3 Å². The van der Waals surface area contributed by atoms with E-state index >= 15 is 0 Å². The van der Waals surface area contributed by atoms with Crippen LogP contribution < -0.4 is 10.1 Å². The molecule has 2 fully saturated rings. The molecule has 1 aromatic carbocycles. The van der Waals surface area contributed by atoms with Gasteiger partial charge in [-0.2, -0.15) is 0 Å². The van der Waals surface area contributed by atoms with Gasteiger partial charge in [0.25, 0.3) is 0 Å². The Kier molecular flexibility index (Phi) is 3.81. The Bertz CT molecular complexity index is 349. The van der Waals surface area contributed by atoms with E-state index < -0.39 is 0 Å². The minimum atomic E-state index is 0.241. The Hall–Kier alpha value is -1.06. The fraction of sp³-hybridized carbons (Fsp3) is 0.600. The zero-order valence-electron chi connectivity index (χ0n) is 10.7. The highest BCUT2D eigenvalue weighted by Crippen LogP contribution is 2.20. The minimum absolute atomic E-state index is 0.241. The monoisotopic (exact) mass is 247 g/mol. The van der Waals surface area contributed by atoms with Gasteiger partial charge in [-0.3, -0.25) is 0 Å². The smallest absolute Gasteiger partial charge is 0.124 e. The molecule has 0 saturated carbocycles. The Morgan fingerprint density at radius 2 is 2.33 bits per heavy atom. The molecule has 1 N–H and O–H groups in total. The topological polar surface area (TPSA) is 30.5 Å². The first-order valence-corrected chi connectivity index (χ1v) is 6.97. The van der Waals surface area contributed by atoms with Crippen LogP contribution in [-0.2, 0) is 11.2 Å². The van der Waals surface area contributed by atoms with Gasteiger partial charge >= 0.3 is 0 Å². The largest absolute Gasteiger partial charge is 0.488 e. The summed E-state index contributed by atoms with van der Waals surface area (Å²) in [6.45, 7) is 2.73. The number of hydrogen-bond acceptors (Lipinski definition) is 3. The van der Waals surface area contributed by atoms with E-state index in [4.69, 9.17) is 9.47 Å². The molecule has 2 atom stereocenters. The van der Waals surface area contributed by atoms with E-state index in [9.17, 15) is 0 Å². The summed E-state index contributed by atoms with van der Waals surface area (Å²) in [5, 5.41) is 3.54. The van der Waals surface area contributed by atoms with Crippen molar-refractivity contribution in [3.05, 3.63) is 29.8 Å². The van der Waals surface area contributed by atoms with Gasteiger partial charge in [0.15, 0.2) is 0 Å². The zero-order chi connectivity index (χ0) is 12.2. The van der Waals surface area contributed by atoms with E-state index in [-0.39, 0.29) is 6.10 Å². The van der Waals surface area contributed by atoms with E-state index in [0.29, 0.717) is 6.04 Å². The standard InChI is InChI=1S/C15H21NO2/c1-3-12(9-13-4-2-7-16-13)10-14(5-1)18-15-6-8-17-11-15/h1,3,5,10,13,15-16H,2,4,6-9,11H2. The molecule has 1 aromatic rings. The van der Waals surface area contributed by atoms with Crippen molar-refractivity contribution in [2.45, 2.75) is 37.8 Å². The van der Waals surface area contributed by atoms with Crippen LogP contribution >= 0.6 is 0 Å². The van der Waals surface area contributed by atoms with Crippen molar-refractivity contribution < 1.29 is 9.47 Å². The molecule has 3 heteroatoms. The molecular formula is C15H21NO2. The summed E-state index contributed by atoms with van der Waals surface area (Å²) < 4.78 is 11.3. The van der Waals surface area contributed by atoms with Crippen LogP contribution in [0.4, 0.5) is 0 Å². The summed E-state index contributed by atoms with van der Waals surface area (Å²) >= 11 is 0. The van der Waals surface area contributed by atoms with Gasteiger partial charge in [-0.05, 0) is 43.5 Å². The van der Waals surface area contributed by atoms with Crippen LogP contribution in [0.5, 0.6) is 5.75 Å². The summed E-state index contributed by atoms with van der Waals surface area (Å²) in [5.41, 5.74) is 1.37. The van der Waals surface area contributed by atoms with Gasteiger partial charge in [0.05, 0.1) is 13.2 Å². The van der Waals surface area contributed by atoms with Crippen molar-refractivity contribution in [1.82, 2.24) is 5.32 Å². The van der Waals surface area contributed by atoms with Crippen molar-refractivity contribution >= 4 is 0 Å². The van der Waals surface area contributed by atoms with Crippen LogP contribution in [0.1, 0.15) is 24.8 Å². The highest BCUT2D eigenvalue weighted by atomic mass is 16.5. The van der Waals surface area contributed by atoms with Gasteiger partial charge in [0.2, 0.25) is 0 Å². The Morgan fingerprint density at radius 3 is 3.11 bits per heavy atom. The third kappa shape index (κ3) is 3.03. The van der Waals surface area contributed by atoms with Gasteiger partial charge < -0.3 is 14.8 Å². The summed E-state index contributed by atoms with van der Waals surface area (Å²) in [7, 11) is 0. The SMILES string of the molecule is c1cc(CC2CCCN2)cc(OC2CCOC2)c1. The lowest BCUT2D eigenvalue weighted by atomic mass is 10.0. The van der Waals surface area contributed by atoms with Crippen LogP contribution in [0.3, 0.4) is 0 Å². The molecule has 2 aliphatic heterocycles. The van der Waals surface area contributed by atoms with Crippen LogP contribution in [0.2, 0.25) is 0 Å². The Morgan fingerprint density at radius 1 is 1.33 bits per heavy atom. The minimum Gasteiger partial charge on any atom is -0.488 e. The van der Waals surface area contributed by atoms with Crippen LogP contribution in [0, 0.1) is 0 Å². The first kappa shape index (κ1) is 12.0. The third-order valence-corrected chi connectivity index (χ3v) is 3.73. The Labute approximate surface area is 108 Å². The maximum Gasteiger partial charge on any atom is 0.124 e. The quantitative estimate of drug-likeness (QED) is 0.884. The van der Waals surface area contributed by atoms with Gasteiger partial charge in [-0.1, -0.05) is 12.1 Å². The average Bonchev–Trinajstić information content (AvgIpc) is 3.03. The molecule has 3 rings (SSSR count). The number of ether oxygens (including phenoxy) is 2. The van der Waals surface area contributed by atoms with Gasteiger partial charge in [-0.15, -0.1) is 0 Å². The molecular weight excluding hydrogens is 226 g/mol. The normalized spacial score (nSPS) is 27.6. The van der Waals surface area contributed by atoms with Gasteiger partial charge in [-0.25, -0.2) is 0 Å². The predicted molar refractivity (Wildman–Crippen MR) is 71.0 cm³/mol. The maximum absolute atomic E-state index is 5.94. The first-order chi connectivity index (χ1) is 8.90. The molecule has 2 heterocycles. The summed E-state index contributed by atoms with van der Waals surface area (Å²) in [6.07, 6.45) is 4.96. The fourth-order valence-corrected chi connectivity index (χ4v) is 2.76. The van der Waals surface area contributed by atoms with E-state index in [1.54, 1.807) is 0 Å². The molecule has 18 heavy (non-hydrogen) atoms. The molecule has 3 nitrogen and oxygen atoms in total.